The van der Waals surface area contributed by atoms with E-state index in [2.05, 4.69) is 230 Å². The van der Waals surface area contributed by atoms with E-state index in [1.54, 1.807) is 0 Å². The maximum Gasteiger partial charge on any atom is -0.0378 e. The van der Waals surface area contributed by atoms with Crippen molar-refractivity contribution in [3.8, 4) is 22.3 Å². The van der Waals surface area contributed by atoms with Gasteiger partial charge >= 0.3 is 223 Å². The average molecular weight is 714 g/mol. The van der Waals surface area contributed by atoms with Gasteiger partial charge in [-0.1, -0.05) is 35.9 Å². The van der Waals surface area contributed by atoms with Crippen LogP contribution in [0.2, 0.25) is 0 Å². The van der Waals surface area contributed by atoms with Crippen LogP contribution < -0.4 is 22.5 Å². The Morgan fingerprint density at radius 2 is 0.549 bits per heavy atom. The average Bonchev–Trinajstić information content (AvgIpc) is 3.21. The van der Waals surface area contributed by atoms with Crippen molar-refractivity contribution in [2.45, 2.75) is 6.92 Å². The number of para-hydroxylation sites is 1. The maximum absolute atomic E-state index is 3.27. The minimum Gasteiger partial charge on any atom is -0.0572 e. The third kappa shape index (κ3) is 6.45. The van der Waals surface area contributed by atoms with E-state index >= 15 is 0 Å². The summed E-state index contributed by atoms with van der Waals surface area (Å²) in [6.07, 6.45) is 0. The summed E-state index contributed by atoms with van der Waals surface area (Å²) in [6, 6.07) is 80.1. The van der Waals surface area contributed by atoms with Gasteiger partial charge in [0.2, 0.25) is 0 Å². The van der Waals surface area contributed by atoms with Gasteiger partial charge in [0.05, 0.1) is 0 Å². The third-order valence-corrected chi connectivity index (χ3v) is 20.0. The van der Waals surface area contributed by atoms with Gasteiger partial charge in [-0.25, -0.2) is 0 Å². The molecule has 0 unspecified atom stereocenters. The number of benzene rings is 8. The Balaban J connectivity index is 1.10. The molecular formula is C49H39GeN. The standard InChI is InChI=1S/C49H39GeN/c1-38-22-34-48(35-23-38)51(47-20-12-5-13-21-47)49-36-30-42(31-37-49)40-26-24-39(25-27-40)41-28-32-46(33-29-41)50(43-14-6-2-7-15-43,44-16-8-3-9-17-44)45-18-10-4-11-19-45/h2-37H,1H3. The molecule has 8 aromatic carbocycles. The van der Waals surface area contributed by atoms with E-state index < -0.39 is 13.3 Å². The van der Waals surface area contributed by atoms with E-state index in [0.29, 0.717) is 0 Å². The number of anilines is 3. The van der Waals surface area contributed by atoms with Crippen molar-refractivity contribution in [2.24, 2.45) is 0 Å². The van der Waals surface area contributed by atoms with E-state index in [9.17, 15) is 0 Å². The second-order valence-electron chi connectivity index (χ2n) is 13.1. The van der Waals surface area contributed by atoms with Crippen LogP contribution in [0.25, 0.3) is 22.3 Å². The maximum atomic E-state index is 2.39. The van der Waals surface area contributed by atoms with Gasteiger partial charge in [-0.2, -0.15) is 0 Å². The molecule has 0 saturated carbocycles. The van der Waals surface area contributed by atoms with Crippen molar-refractivity contribution >= 4 is 47.9 Å². The van der Waals surface area contributed by atoms with E-state index in [1.165, 1.54) is 45.4 Å². The quantitative estimate of drug-likeness (QED) is 0.135. The number of hydrogen-bond donors (Lipinski definition) is 0. The molecule has 8 rings (SSSR count). The van der Waals surface area contributed by atoms with Crippen LogP contribution in [0, 0.1) is 6.92 Å². The molecule has 8 aromatic rings. The predicted octanol–water partition coefficient (Wildman–Crippen LogP) is 10.2. The Labute approximate surface area is 304 Å². The fourth-order valence-corrected chi connectivity index (χ4v) is 17.3. The van der Waals surface area contributed by atoms with Crippen molar-refractivity contribution < 1.29 is 0 Å². The Morgan fingerprint density at radius 1 is 0.275 bits per heavy atom. The number of aryl methyl sites for hydroxylation is 1. The zero-order valence-corrected chi connectivity index (χ0v) is 30.8. The molecule has 0 saturated heterocycles. The van der Waals surface area contributed by atoms with Gasteiger partial charge in [-0.3, -0.25) is 0 Å². The van der Waals surface area contributed by atoms with Gasteiger partial charge in [0.25, 0.3) is 0 Å². The Morgan fingerprint density at radius 3 is 0.941 bits per heavy atom. The summed E-state index contributed by atoms with van der Waals surface area (Å²) < 4.78 is 5.73. The van der Waals surface area contributed by atoms with Crippen molar-refractivity contribution in [1.82, 2.24) is 0 Å². The number of nitrogens with zero attached hydrogens (tertiary/aromatic N) is 1. The van der Waals surface area contributed by atoms with Crippen LogP contribution >= 0.6 is 0 Å². The van der Waals surface area contributed by atoms with Crippen molar-refractivity contribution in [1.29, 1.82) is 0 Å². The molecule has 0 fully saturated rings. The summed E-state index contributed by atoms with van der Waals surface area (Å²) >= 11 is -3.27. The molecule has 0 amide bonds. The van der Waals surface area contributed by atoms with Crippen molar-refractivity contribution in [3.05, 3.63) is 224 Å². The molecule has 51 heavy (non-hydrogen) atoms. The molecule has 0 atom stereocenters. The molecular weight excluding hydrogens is 675 g/mol. The smallest absolute Gasteiger partial charge is 0.0378 e. The minimum absolute atomic E-state index is 1.13. The molecule has 0 bridgehead atoms. The summed E-state index contributed by atoms with van der Waals surface area (Å²) in [4.78, 5) is 2.31. The fraction of sp³-hybridized carbons (Fsp3) is 0.0204. The van der Waals surface area contributed by atoms with E-state index in [1.807, 2.05) is 0 Å². The molecule has 2 heteroatoms. The zero-order valence-electron chi connectivity index (χ0n) is 28.7. The summed E-state index contributed by atoms with van der Waals surface area (Å²) in [7, 11) is 0. The van der Waals surface area contributed by atoms with Gasteiger partial charge < -0.3 is 4.90 Å². The van der Waals surface area contributed by atoms with Crippen molar-refractivity contribution in [2.75, 3.05) is 4.90 Å². The summed E-state index contributed by atoms with van der Waals surface area (Å²) in [6.45, 7) is 2.13. The van der Waals surface area contributed by atoms with Gasteiger partial charge in [-0.15, -0.1) is 0 Å². The number of rotatable bonds is 9. The number of hydrogen-bond acceptors (Lipinski definition) is 1. The van der Waals surface area contributed by atoms with E-state index in [0.717, 1.165) is 17.1 Å². The Kier molecular flexibility index (Phi) is 9.20. The molecule has 0 N–H and O–H groups in total. The van der Waals surface area contributed by atoms with E-state index in [4.69, 9.17) is 0 Å². The SMILES string of the molecule is Cc1ccc(N(c2ccccc2)c2ccc(-c3ccc(-c4cc[c]([Ge]([c]5ccccc5)([c]5ccccc5)[c]5ccccc5)cc4)cc3)cc2)cc1. The first kappa shape index (κ1) is 32.3. The molecule has 0 radical (unpaired) electrons. The van der Waals surface area contributed by atoms with Gasteiger partial charge in [0.15, 0.2) is 0 Å². The largest absolute Gasteiger partial charge is 0.0572 e. The van der Waals surface area contributed by atoms with Crippen LogP contribution in [0.3, 0.4) is 0 Å². The third-order valence-electron chi connectivity index (χ3n) is 9.92. The van der Waals surface area contributed by atoms with Gasteiger partial charge in [0.1, 0.15) is 0 Å². The van der Waals surface area contributed by atoms with Crippen LogP contribution in [0.1, 0.15) is 5.56 Å². The van der Waals surface area contributed by atoms with Crippen LogP contribution in [-0.4, -0.2) is 13.3 Å². The molecule has 244 valence electrons. The fourth-order valence-electron chi connectivity index (χ4n) is 7.35. The first-order valence-electron chi connectivity index (χ1n) is 17.6. The van der Waals surface area contributed by atoms with Crippen LogP contribution in [-0.2, 0) is 0 Å². The van der Waals surface area contributed by atoms with Crippen LogP contribution in [0.4, 0.5) is 17.1 Å². The summed E-state index contributed by atoms with van der Waals surface area (Å²) in [5, 5.41) is 0. The van der Waals surface area contributed by atoms with Crippen LogP contribution in [0.5, 0.6) is 0 Å². The zero-order chi connectivity index (χ0) is 34.5. The second-order valence-corrected chi connectivity index (χ2v) is 21.0. The van der Waals surface area contributed by atoms with Gasteiger partial charge in [0, 0.05) is 11.4 Å². The Bertz CT molecular complexity index is 2200. The van der Waals surface area contributed by atoms with Gasteiger partial charge in [-0.05, 0) is 31.2 Å². The molecule has 0 aliphatic rings. The molecule has 0 aliphatic heterocycles. The second kappa shape index (κ2) is 14.5. The first-order chi connectivity index (χ1) is 25.2. The Hall–Kier alpha value is -5.90. The topological polar surface area (TPSA) is 3.24 Å². The molecule has 0 spiro atoms. The van der Waals surface area contributed by atoms with Crippen LogP contribution in [0.15, 0.2) is 218 Å². The van der Waals surface area contributed by atoms with E-state index in [-0.39, 0.29) is 0 Å². The van der Waals surface area contributed by atoms with Crippen molar-refractivity contribution in [3.63, 3.8) is 0 Å². The molecule has 0 heterocycles. The molecule has 0 aromatic heterocycles. The summed E-state index contributed by atoms with van der Waals surface area (Å²) in [5.41, 5.74) is 9.51. The minimum atomic E-state index is -3.27. The molecule has 1 nitrogen and oxygen atoms in total. The first-order valence-corrected chi connectivity index (χ1v) is 21.8. The monoisotopic (exact) mass is 715 g/mol. The molecule has 0 aliphatic carbocycles. The predicted molar refractivity (Wildman–Crippen MR) is 220 cm³/mol. The summed E-state index contributed by atoms with van der Waals surface area (Å²) in [5.74, 6) is 0. The normalized spacial score (nSPS) is 11.2.